The molecule has 0 saturated heterocycles. The second kappa shape index (κ2) is 4.01. The Kier molecular flexibility index (Phi) is 3.24. The Bertz CT molecular complexity index is 316. The lowest BCUT2D eigenvalue weighted by atomic mass is 10.1. The van der Waals surface area contributed by atoms with Gasteiger partial charge in [0, 0.05) is 15.5 Å². The average Bonchev–Trinajstić information content (AvgIpc) is 2.03. The molecule has 1 rings (SSSR count). The van der Waals surface area contributed by atoms with Crippen LogP contribution >= 0.6 is 24.2 Å². The molecule has 0 nitrogen and oxygen atoms in total. The topological polar surface area (TPSA) is 0 Å². The van der Waals surface area contributed by atoms with Crippen LogP contribution < -0.4 is 0 Å². The van der Waals surface area contributed by atoms with Crippen LogP contribution in [0.15, 0.2) is 29.2 Å². The minimum atomic E-state index is 0.750. The van der Waals surface area contributed by atoms with Crippen molar-refractivity contribution < 1.29 is 0 Å². The van der Waals surface area contributed by atoms with Crippen molar-refractivity contribution >= 4 is 29.3 Å². The highest BCUT2D eigenvalue weighted by atomic mass is 35.5. The molecule has 0 aliphatic heterocycles. The van der Waals surface area contributed by atoms with Crippen molar-refractivity contribution in [3.63, 3.8) is 0 Å². The van der Waals surface area contributed by atoms with Crippen molar-refractivity contribution in [3.8, 4) is 0 Å². The zero-order valence-corrected chi connectivity index (χ0v) is 8.78. The van der Waals surface area contributed by atoms with E-state index in [9.17, 15) is 0 Å². The van der Waals surface area contributed by atoms with Gasteiger partial charge in [0.2, 0.25) is 0 Å². The number of halogens is 1. The molecule has 0 heterocycles. The molecule has 0 bridgehead atoms. The van der Waals surface area contributed by atoms with E-state index in [1.54, 1.807) is 0 Å². The van der Waals surface area contributed by atoms with Crippen LogP contribution in [-0.4, -0.2) is 0 Å². The molecule has 0 radical (unpaired) electrons. The van der Waals surface area contributed by atoms with Crippen molar-refractivity contribution in [1.29, 1.82) is 0 Å². The van der Waals surface area contributed by atoms with Crippen LogP contribution in [0, 0.1) is 6.92 Å². The van der Waals surface area contributed by atoms with Crippen LogP contribution in [-0.2, 0) is 0 Å². The van der Waals surface area contributed by atoms with Gasteiger partial charge in [-0.2, -0.15) is 0 Å². The summed E-state index contributed by atoms with van der Waals surface area (Å²) in [6.45, 7) is 3.95. The van der Waals surface area contributed by atoms with E-state index in [1.165, 1.54) is 5.56 Å². The van der Waals surface area contributed by atoms with Gasteiger partial charge in [-0.15, -0.1) is 12.6 Å². The molecule has 64 valence electrons. The van der Waals surface area contributed by atoms with E-state index in [1.807, 2.05) is 38.1 Å². The van der Waals surface area contributed by atoms with Gasteiger partial charge in [0.15, 0.2) is 0 Å². The van der Waals surface area contributed by atoms with E-state index in [4.69, 9.17) is 11.6 Å². The minimum absolute atomic E-state index is 0.750. The molecule has 0 spiro atoms. The number of hydrogen-bond acceptors (Lipinski definition) is 1. The third kappa shape index (κ3) is 2.05. The Morgan fingerprint density at radius 1 is 1.50 bits per heavy atom. The fourth-order valence-electron chi connectivity index (χ4n) is 0.999. The first kappa shape index (κ1) is 9.69. The summed E-state index contributed by atoms with van der Waals surface area (Å²) in [7, 11) is 0. The highest BCUT2D eigenvalue weighted by Crippen LogP contribution is 2.25. The molecule has 0 unspecified atom stereocenters. The lowest BCUT2D eigenvalue weighted by molar-refractivity contribution is 1.34. The van der Waals surface area contributed by atoms with E-state index in [0.717, 1.165) is 15.5 Å². The largest absolute Gasteiger partial charge is 0.143 e. The summed E-state index contributed by atoms with van der Waals surface area (Å²) < 4.78 is 0. The van der Waals surface area contributed by atoms with Gasteiger partial charge in [-0.3, -0.25) is 0 Å². The van der Waals surface area contributed by atoms with Crippen LogP contribution in [0.2, 0.25) is 0 Å². The summed E-state index contributed by atoms with van der Waals surface area (Å²) in [5, 5.41) is 0.750. The molecule has 1 aromatic rings. The van der Waals surface area contributed by atoms with Crippen molar-refractivity contribution in [2.45, 2.75) is 18.7 Å². The molecule has 0 N–H and O–H groups in total. The molecule has 2 heteroatoms. The lowest BCUT2D eigenvalue weighted by Crippen LogP contribution is -1.81. The Hall–Kier alpha value is -0.400. The SMILES string of the molecule is C/C=C(/Cl)c1ccc(C)cc1S. The lowest BCUT2D eigenvalue weighted by Gasteiger charge is -2.03. The predicted molar refractivity (Wildman–Crippen MR) is 57.9 cm³/mol. The van der Waals surface area contributed by atoms with Gasteiger partial charge in [0.05, 0.1) is 0 Å². The van der Waals surface area contributed by atoms with Gasteiger partial charge >= 0.3 is 0 Å². The quantitative estimate of drug-likeness (QED) is 0.651. The number of aryl methyl sites for hydroxylation is 1. The second-order valence-corrected chi connectivity index (χ2v) is 3.55. The first-order chi connectivity index (χ1) is 5.65. The summed E-state index contributed by atoms with van der Waals surface area (Å²) in [5.41, 5.74) is 2.19. The fourth-order valence-corrected chi connectivity index (χ4v) is 1.63. The van der Waals surface area contributed by atoms with Gasteiger partial charge in [-0.1, -0.05) is 29.8 Å². The summed E-state index contributed by atoms with van der Waals surface area (Å²) in [4.78, 5) is 0.929. The van der Waals surface area contributed by atoms with E-state index >= 15 is 0 Å². The molecular weight excluding hydrogens is 188 g/mol. The first-order valence-electron chi connectivity index (χ1n) is 3.77. The minimum Gasteiger partial charge on any atom is -0.143 e. The molecule has 0 aliphatic carbocycles. The Balaban J connectivity index is 3.18. The predicted octanol–water partition coefficient (Wildman–Crippen LogP) is 3.88. The Morgan fingerprint density at radius 2 is 2.17 bits per heavy atom. The third-order valence-corrected chi connectivity index (χ3v) is 2.46. The summed E-state index contributed by atoms with van der Waals surface area (Å²) in [6, 6.07) is 6.02. The molecule has 0 atom stereocenters. The van der Waals surface area contributed by atoms with Crippen molar-refractivity contribution in [2.75, 3.05) is 0 Å². The Labute approximate surface area is 83.7 Å². The molecule has 0 fully saturated rings. The zero-order chi connectivity index (χ0) is 9.14. The van der Waals surface area contributed by atoms with Gasteiger partial charge in [-0.25, -0.2) is 0 Å². The average molecular weight is 199 g/mol. The van der Waals surface area contributed by atoms with Crippen molar-refractivity contribution in [1.82, 2.24) is 0 Å². The number of benzene rings is 1. The van der Waals surface area contributed by atoms with E-state index in [0.29, 0.717) is 0 Å². The van der Waals surface area contributed by atoms with Crippen LogP contribution in [0.25, 0.3) is 5.03 Å². The van der Waals surface area contributed by atoms with Crippen LogP contribution in [0.4, 0.5) is 0 Å². The van der Waals surface area contributed by atoms with Crippen LogP contribution in [0.5, 0.6) is 0 Å². The summed E-state index contributed by atoms with van der Waals surface area (Å²) in [5.74, 6) is 0. The van der Waals surface area contributed by atoms with Gasteiger partial charge in [0.1, 0.15) is 0 Å². The highest BCUT2D eigenvalue weighted by molar-refractivity contribution is 7.80. The highest BCUT2D eigenvalue weighted by Gasteiger charge is 2.01. The first-order valence-corrected chi connectivity index (χ1v) is 4.59. The molecule has 0 saturated carbocycles. The number of rotatable bonds is 1. The third-order valence-electron chi connectivity index (χ3n) is 1.66. The van der Waals surface area contributed by atoms with Gasteiger partial charge < -0.3 is 0 Å². The zero-order valence-electron chi connectivity index (χ0n) is 7.13. The molecule has 0 amide bonds. The molecule has 0 aliphatic rings. The van der Waals surface area contributed by atoms with Crippen molar-refractivity contribution in [3.05, 3.63) is 35.4 Å². The van der Waals surface area contributed by atoms with Crippen LogP contribution in [0.3, 0.4) is 0 Å². The normalized spacial score (nSPS) is 11.8. The molecule has 1 aromatic carbocycles. The van der Waals surface area contributed by atoms with Gasteiger partial charge in [0.25, 0.3) is 0 Å². The number of allylic oxidation sites excluding steroid dienone is 1. The molecule has 0 aromatic heterocycles. The van der Waals surface area contributed by atoms with Crippen LogP contribution in [0.1, 0.15) is 18.1 Å². The fraction of sp³-hybridized carbons (Fsp3) is 0.200. The van der Waals surface area contributed by atoms with E-state index < -0.39 is 0 Å². The Morgan fingerprint density at radius 3 is 2.67 bits per heavy atom. The maximum Gasteiger partial charge on any atom is 0.0446 e. The smallest absolute Gasteiger partial charge is 0.0446 e. The standard InChI is InChI=1S/C10H11ClS/c1-3-9(11)8-5-4-7(2)6-10(8)12/h3-6,12H,1-2H3/b9-3+. The summed E-state index contributed by atoms with van der Waals surface area (Å²) in [6.07, 6.45) is 1.87. The molecule has 12 heavy (non-hydrogen) atoms. The monoisotopic (exact) mass is 198 g/mol. The van der Waals surface area contributed by atoms with Crippen molar-refractivity contribution in [2.24, 2.45) is 0 Å². The van der Waals surface area contributed by atoms with E-state index in [-0.39, 0.29) is 0 Å². The molecular formula is C10H11ClS. The van der Waals surface area contributed by atoms with E-state index in [2.05, 4.69) is 12.6 Å². The number of thiol groups is 1. The van der Waals surface area contributed by atoms with Gasteiger partial charge in [-0.05, 0) is 25.5 Å². The maximum atomic E-state index is 5.96. The number of hydrogen-bond donors (Lipinski definition) is 1. The second-order valence-electron chi connectivity index (χ2n) is 2.66. The maximum absolute atomic E-state index is 5.96. The summed E-state index contributed by atoms with van der Waals surface area (Å²) >= 11 is 10.3.